The number of fused-ring (bicyclic) bond motifs is 1. The molecule has 0 radical (unpaired) electrons. The van der Waals surface area contributed by atoms with E-state index in [9.17, 15) is 9.59 Å². The van der Waals surface area contributed by atoms with Gasteiger partial charge in [0.15, 0.2) is 0 Å². The molecular weight excluding hydrogens is 232 g/mol. The van der Waals surface area contributed by atoms with Crippen molar-refractivity contribution in [2.75, 3.05) is 26.3 Å². The van der Waals surface area contributed by atoms with Crippen molar-refractivity contribution < 1.29 is 14.3 Å². The van der Waals surface area contributed by atoms with E-state index in [0.717, 1.165) is 19.4 Å². The number of hydrogen-bond acceptors (Lipinski definition) is 3. The summed E-state index contributed by atoms with van der Waals surface area (Å²) in [6.45, 7) is 6.31. The van der Waals surface area contributed by atoms with Gasteiger partial charge >= 0.3 is 0 Å². The maximum absolute atomic E-state index is 12.4. The van der Waals surface area contributed by atoms with Gasteiger partial charge in [-0.15, -0.1) is 0 Å². The molecule has 18 heavy (non-hydrogen) atoms. The molecule has 2 saturated heterocycles. The van der Waals surface area contributed by atoms with Crippen molar-refractivity contribution in [3.8, 4) is 0 Å². The van der Waals surface area contributed by atoms with E-state index in [0.29, 0.717) is 26.2 Å². The third-order valence-electron chi connectivity index (χ3n) is 3.83. The fourth-order valence-corrected chi connectivity index (χ4v) is 2.93. The lowest BCUT2D eigenvalue weighted by Crippen LogP contribution is -2.63. The molecule has 5 heteroatoms. The third-order valence-corrected chi connectivity index (χ3v) is 3.83. The van der Waals surface area contributed by atoms with Crippen molar-refractivity contribution >= 4 is 11.8 Å². The second-order valence-corrected chi connectivity index (χ2v) is 4.84. The van der Waals surface area contributed by atoms with Crippen LogP contribution in [0.5, 0.6) is 0 Å². The van der Waals surface area contributed by atoms with Gasteiger partial charge in [0, 0.05) is 19.7 Å². The number of nitrogens with zero attached hydrogens (tertiary/aromatic N) is 2. The number of carbonyl (C=O) groups is 2. The lowest BCUT2D eigenvalue weighted by atomic mass is 10.0. The second-order valence-electron chi connectivity index (χ2n) is 4.84. The Balaban J connectivity index is 2.10. The first-order chi connectivity index (χ1) is 8.70. The van der Waals surface area contributed by atoms with E-state index in [2.05, 4.69) is 0 Å². The maximum Gasteiger partial charge on any atom is 0.246 e. The predicted octanol–water partition coefficient (Wildman–Crippen LogP) is 0.635. The van der Waals surface area contributed by atoms with Gasteiger partial charge in [-0.2, -0.15) is 0 Å². The summed E-state index contributed by atoms with van der Waals surface area (Å²) in [4.78, 5) is 28.2. The molecule has 2 amide bonds. The van der Waals surface area contributed by atoms with Gasteiger partial charge in [-0.25, -0.2) is 0 Å². The van der Waals surface area contributed by atoms with E-state index in [4.69, 9.17) is 4.74 Å². The quantitative estimate of drug-likeness (QED) is 0.676. The van der Waals surface area contributed by atoms with Crippen LogP contribution < -0.4 is 0 Å². The number of piperazine rings is 1. The summed E-state index contributed by atoms with van der Waals surface area (Å²) in [5.41, 5.74) is 0. The summed E-state index contributed by atoms with van der Waals surface area (Å²) in [6.07, 6.45) is 2.43. The Morgan fingerprint density at radius 3 is 2.72 bits per heavy atom. The van der Waals surface area contributed by atoms with E-state index >= 15 is 0 Å². The molecular formula is C13H22N2O3. The van der Waals surface area contributed by atoms with Crippen LogP contribution in [0.1, 0.15) is 33.1 Å². The number of amides is 2. The summed E-state index contributed by atoms with van der Waals surface area (Å²) < 4.78 is 5.31. The summed E-state index contributed by atoms with van der Waals surface area (Å²) in [7, 11) is 0. The number of carbonyl (C=O) groups excluding carboxylic acids is 2. The molecule has 102 valence electrons. The van der Waals surface area contributed by atoms with Gasteiger partial charge in [0.1, 0.15) is 12.1 Å². The second kappa shape index (κ2) is 5.69. The van der Waals surface area contributed by atoms with Crippen LogP contribution in [0.4, 0.5) is 0 Å². The topological polar surface area (TPSA) is 49.9 Å². The average Bonchev–Trinajstić information content (AvgIpc) is 2.85. The zero-order valence-corrected chi connectivity index (χ0v) is 11.2. The van der Waals surface area contributed by atoms with Gasteiger partial charge in [-0.1, -0.05) is 6.92 Å². The molecule has 0 aromatic carbocycles. The van der Waals surface area contributed by atoms with Crippen LogP contribution in [0.3, 0.4) is 0 Å². The highest BCUT2D eigenvalue weighted by Gasteiger charge is 2.46. The first-order valence-corrected chi connectivity index (χ1v) is 6.89. The van der Waals surface area contributed by atoms with Gasteiger partial charge < -0.3 is 14.5 Å². The van der Waals surface area contributed by atoms with Crippen LogP contribution in [0, 0.1) is 0 Å². The summed E-state index contributed by atoms with van der Waals surface area (Å²) in [5, 5.41) is 0. The highest BCUT2D eigenvalue weighted by Crippen LogP contribution is 2.27. The minimum absolute atomic E-state index is 0.110. The van der Waals surface area contributed by atoms with Gasteiger partial charge in [0.25, 0.3) is 0 Å². The molecule has 2 aliphatic rings. The molecule has 2 fully saturated rings. The molecule has 0 N–H and O–H groups in total. The molecule has 0 spiro atoms. The van der Waals surface area contributed by atoms with Crippen LogP contribution in [0.15, 0.2) is 0 Å². The van der Waals surface area contributed by atoms with Crippen LogP contribution in [-0.2, 0) is 14.3 Å². The first-order valence-electron chi connectivity index (χ1n) is 6.89. The SMILES string of the molecule is CCOCCN1C(=O)C2CCCN2C(=O)C1CC. The maximum atomic E-state index is 12.4. The number of rotatable bonds is 5. The smallest absolute Gasteiger partial charge is 0.246 e. The lowest BCUT2D eigenvalue weighted by Gasteiger charge is -2.42. The van der Waals surface area contributed by atoms with E-state index in [1.807, 2.05) is 13.8 Å². The van der Waals surface area contributed by atoms with Gasteiger partial charge in [-0.3, -0.25) is 9.59 Å². The van der Waals surface area contributed by atoms with Crippen molar-refractivity contribution in [2.24, 2.45) is 0 Å². The molecule has 0 aliphatic carbocycles. The van der Waals surface area contributed by atoms with E-state index in [-0.39, 0.29) is 23.9 Å². The Labute approximate surface area is 108 Å². The van der Waals surface area contributed by atoms with Crippen LogP contribution >= 0.6 is 0 Å². The van der Waals surface area contributed by atoms with Crippen molar-refractivity contribution in [3.63, 3.8) is 0 Å². The summed E-state index contributed by atoms with van der Waals surface area (Å²) in [5.74, 6) is 0.231. The Morgan fingerprint density at radius 1 is 1.28 bits per heavy atom. The molecule has 2 heterocycles. The van der Waals surface area contributed by atoms with E-state index < -0.39 is 0 Å². The highest BCUT2D eigenvalue weighted by atomic mass is 16.5. The van der Waals surface area contributed by atoms with Crippen LogP contribution in [0.2, 0.25) is 0 Å². The average molecular weight is 254 g/mol. The molecule has 2 aliphatic heterocycles. The minimum atomic E-state index is -0.285. The van der Waals surface area contributed by atoms with Crippen molar-refractivity contribution in [3.05, 3.63) is 0 Å². The predicted molar refractivity (Wildman–Crippen MR) is 67.0 cm³/mol. The molecule has 5 nitrogen and oxygen atoms in total. The molecule has 0 saturated carbocycles. The van der Waals surface area contributed by atoms with Crippen LogP contribution in [0.25, 0.3) is 0 Å². The third kappa shape index (κ3) is 2.23. The molecule has 2 atom stereocenters. The van der Waals surface area contributed by atoms with Crippen molar-refractivity contribution in [2.45, 2.75) is 45.2 Å². The lowest BCUT2D eigenvalue weighted by molar-refractivity contribution is -0.160. The van der Waals surface area contributed by atoms with E-state index in [1.165, 1.54) is 0 Å². The summed E-state index contributed by atoms with van der Waals surface area (Å²) >= 11 is 0. The Hall–Kier alpha value is -1.10. The molecule has 0 aromatic heterocycles. The zero-order chi connectivity index (χ0) is 13.1. The molecule has 2 rings (SSSR count). The zero-order valence-electron chi connectivity index (χ0n) is 11.2. The van der Waals surface area contributed by atoms with Gasteiger partial charge in [0.2, 0.25) is 11.8 Å². The molecule has 0 bridgehead atoms. The van der Waals surface area contributed by atoms with Gasteiger partial charge in [0.05, 0.1) is 6.61 Å². The first kappa shape index (κ1) is 13.3. The largest absolute Gasteiger partial charge is 0.380 e. The Kier molecular flexibility index (Phi) is 4.22. The normalized spacial score (nSPS) is 27.9. The van der Waals surface area contributed by atoms with Crippen molar-refractivity contribution in [1.82, 2.24) is 9.80 Å². The fourth-order valence-electron chi connectivity index (χ4n) is 2.93. The van der Waals surface area contributed by atoms with Gasteiger partial charge in [-0.05, 0) is 26.2 Å². The highest BCUT2D eigenvalue weighted by molar-refractivity contribution is 5.97. The Bertz CT molecular complexity index is 332. The number of hydrogen-bond donors (Lipinski definition) is 0. The van der Waals surface area contributed by atoms with E-state index in [1.54, 1.807) is 9.80 Å². The molecule has 2 unspecified atom stereocenters. The minimum Gasteiger partial charge on any atom is -0.380 e. The monoisotopic (exact) mass is 254 g/mol. The number of ether oxygens (including phenoxy) is 1. The van der Waals surface area contributed by atoms with Crippen molar-refractivity contribution in [1.29, 1.82) is 0 Å². The van der Waals surface area contributed by atoms with Crippen LogP contribution in [-0.4, -0.2) is 60.0 Å². The fraction of sp³-hybridized carbons (Fsp3) is 0.846. The summed E-state index contributed by atoms with van der Waals surface area (Å²) in [6, 6.07) is -0.491. The standard InChI is InChI=1S/C13H22N2O3/c1-3-10-12(16)14-7-5-6-11(14)13(17)15(10)8-9-18-4-2/h10-11H,3-9H2,1-2H3. The molecule has 0 aromatic rings. The Morgan fingerprint density at radius 2 is 2.06 bits per heavy atom.